The van der Waals surface area contributed by atoms with E-state index < -0.39 is 0 Å². The Hall–Kier alpha value is -1.95. The minimum atomic E-state index is -0.168. The van der Waals surface area contributed by atoms with Gasteiger partial charge in [-0.3, -0.25) is 14.7 Å². The fraction of sp³-hybridized carbons (Fsp3) is 0.500. The molecule has 1 aliphatic rings. The van der Waals surface area contributed by atoms with Gasteiger partial charge in [0.2, 0.25) is 5.91 Å². The Morgan fingerprint density at radius 1 is 1.21 bits per heavy atom. The number of Topliss-reactive ketones (excluding diaryl/α,β-unsaturated/α-hetero) is 1. The van der Waals surface area contributed by atoms with Crippen LogP contribution in [0.4, 0.5) is 5.82 Å². The van der Waals surface area contributed by atoms with Gasteiger partial charge in [-0.1, -0.05) is 31.7 Å². The highest BCUT2D eigenvalue weighted by atomic mass is 32.1. The van der Waals surface area contributed by atoms with Gasteiger partial charge in [0.25, 0.3) is 0 Å². The third-order valence-electron chi connectivity index (χ3n) is 4.54. The van der Waals surface area contributed by atoms with Crippen LogP contribution in [0, 0.1) is 0 Å². The van der Waals surface area contributed by atoms with E-state index in [0.717, 1.165) is 5.69 Å². The number of H-pyrrole nitrogens is 1. The second kappa shape index (κ2) is 8.24. The number of hydrogen-bond acceptors (Lipinski definition) is 4. The molecule has 0 atom stereocenters. The van der Waals surface area contributed by atoms with E-state index in [2.05, 4.69) is 15.5 Å². The van der Waals surface area contributed by atoms with Crippen molar-refractivity contribution in [3.05, 3.63) is 34.2 Å². The highest BCUT2D eigenvalue weighted by Crippen LogP contribution is 2.31. The number of carbonyl (C=O) groups excluding carboxylic acids is 2. The first-order valence-electron chi connectivity index (χ1n) is 8.64. The maximum absolute atomic E-state index is 12.0. The lowest BCUT2D eigenvalue weighted by Gasteiger charge is -2.10. The third kappa shape index (κ3) is 4.54. The summed E-state index contributed by atoms with van der Waals surface area (Å²) < 4.78 is 0. The highest BCUT2D eigenvalue weighted by molar-refractivity contribution is 7.12. The molecule has 128 valence electrons. The number of amides is 1. The van der Waals surface area contributed by atoms with Crippen LogP contribution >= 0.6 is 11.3 Å². The van der Waals surface area contributed by atoms with Crippen LogP contribution in [0.15, 0.2) is 23.6 Å². The summed E-state index contributed by atoms with van der Waals surface area (Å²) in [7, 11) is 0. The minimum Gasteiger partial charge on any atom is -0.309 e. The van der Waals surface area contributed by atoms with Gasteiger partial charge in [0.15, 0.2) is 11.6 Å². The molecule has 6 heteroatoms. The number of carbonyl (C=O) groups is 2. The summed E-state index contributed by atoms with van der Waals surface area (Å²) >= 11 is 1.41. The molecule has 24 heavy (non-hydrogen) atoms. The molecule has 0 aliphatic heterocycles. The molecule has 3 rings (SSSR count). The molecule has 1 saturated carbocycles. The van der Waals surface area contributed by atoms with Crippen LogP contribution in [-0.2, 0) is 4.79 Å². The van der Waals surface area contributed by atoms with Crippen LogP contribution < -0.4 is 5.32 Å². The number of aromatic nitrogens is 2. The number of ketones is 1. The molecule has 1 fully saturated rings. The summed E-state index contributed by atoms with van der Waals surface area (Å²) in [6.07, 6.45) is 7.93. The van der Waals surface area contributed by atoms with Crippen molar-refractivity contribution in [2.24, 2.45) is 0 Å². The monoisotopic (exact) mass is 345 g/mol. The summed E-state index contributed by atoms with van der Waals surface area (Å²) in [5.41, 5.74) is 1.11. The van der Waals surface area contributed by atoms with Crippen LogP contribution in [0.1, 0.15) is 72.7 Å². The SMILES string of the molecule is O=C(CCC(=O)c1cccs1)Nc1cc(C2CCCCCC2)[nH]n1. The molecule has 0 radical (unpaired) electrons. The predicted octanol–water partition coefficient (Wildman–Crippen LogP) is 4.51. The van der Waals surface area contributed by atoms with Gasteiger partial charge in [-0.25, -0.2) is 0 Å². The zero-order chi connectivity index (χ0) is 16.8. The molecule has 2 N–H and O–H groups in total. The second-order valence-corrected chi connectivity index (χ2v) is 7.29. The van der Waals surface area contributed by atoms with E-state index in [1.807, 2.05) is 17.5 Å². The smallest absolute Gasteiger partial charge is 0.226 e. The van der Waals surface area contributed by atoms with Crippen molar-refractivity contribution < 1.29 is 9.59 Å². The second-order valence-electron chi connectivity index (χ2n) is 6.35. The standard InChI is InChI=1S/C18H23N3O2S/c22-15(16-8-5-11-24-16)9-10-18(23)19-17-12-14(20-21-17)13-6-3-1-2-4-7-13/h5,8,11-13H,1-4,6-7,9-10H2,(H2,19,20,21,23). The minimum absolute atomic E-state index is 0.0151. The number of nitrogens with one attached hydrogen (secondary N) is 2. The van der Waals surface area contributed by atoms with E-state index in [9.17, 15) is 9.59 Å². The van der Waals surface area contributed by atoms with Crippen molar-refractivity contribution in [3.63, 3.8) is 0 Å². The lowest BCUT2D eigenvalue weighted by atomic mass is 9.97. The van der Waals surface area contributed by atoms with E-state index in [4.69, 9.17) is 0 Å². The normalized spacial score (nSPS) is 15.8. The largest absolute Gasteiger partial charge is 0.309 e. The quantitative estimate of drug-likeness (QED) is 0.597. The Morgan fingerprint density at radius 3 is 2.71 bits per heavy atom. The topological polar surface area (TPSA) is 74.8 Å². The number of nitrogens with zero attached hydrogens (tertiary/aromatic N) is 1. The summed E-state index contributed by atoms with van der Waals surface area (Å²) in [6.45, 7) is 0. The van der Waals surface area contributed by atoms with E-state index in [1.165, 1.54) is 49.9 Å². The number of rotatable bonds is 6. The van der Waals surface area contributed by atoms with Crippen molar-refractivity contribution in [3.8, 4) is 0 Å². The number of hydrogen-bond donors (Lipinski definition) is 2. The Balaban J connectivity index is 1.49. The predicted molar refractivity (Wildman–Crippen MR) is 95.5 cm³/mol. The van der Waals surface area contributed by atoms with Gasteiger partial charge < -0.3 is 5.32 Å². The van der Waals surface area contributed by atoms with Crippen LogP contribution in [0.3, 0.4) is 0 Å². The lowest BCUT2D eigenvalue weighted by molar-refractivity contribution is -0.116. The van der Waals surface area contributed by atoms with E-state index >= 15 is 0 Å². The molecule has 0 aromatic carbocycles. The van der Waals surface area contributed by atoms with E-state index in [1.54, 1.807) is 6.07 Å². The average molecular weight is 345 g/mol. The van der Waals surface area contributed by atoms with Crippen molar-refractivity contribution in [2.45, 2.75) is 57.3 Å². The van der Waals surface area contributed by atoms with Gasteiger partial charge in [-0.05, 0) is 24.3 Å². The molecule has 2 aromatic heterocycles. The summed E-state index contributed by atoms with van der Waals surface area (Å²) in [4.78, 5) is 24.6. The molecule has 2 heterocycles. The zero-order valence-corrected chi connectivity index (χ0v) is 14.5. The van der Waals surface area contributed by atoms with Gasteiger partial charge in [0.1, 0.15) is 0 Å². The van der Waals surface area contributed by atoms with Gasteiger partial charge in [0, 0.05) is 30.5 Å². The molecule has 0 saturated heterocycles. The fourth-order valence-electron chi connectivity index (χ4n) is 3.19. The lowest BCUT2D eigenvalue weighted by Crippen LogP contribution is -2.13. The summed E-state index contributed by atoms with van der Waals surface area (Å²) in [5.74, 6) is 0.925. The first-order chi connectivity index (χ1) is 11.7. The zero-order valence-electron chi connectivity index (χ0n) is 13.7. The number of thiophene rings is 1. The molecule has 0 unspecified atom stereocenters. The van der Waals surface area contributed by atoms with Crippen molar-refractivity contribution >= 4 is 28.8 Å². The molecule has 2 aromatic rings. The Bertz CT molecular complexity index is 670. The van der Waals surface area contributed by atoms with Crippen molar-refractivity contribution in [2.75, 3.05) is 5.32 Å². The molecule has 1 amide bonds. The summed E-state index contributed by atoms with van der Waals surface area (Å²) in [5, 5.41) is 11.9. The Kier molecular flexibility index (Phi) is 5.80. The molecular weight excluding hydrogens is 322 g/mol. The maximum Gasteiger partial charge on any atom is 0.226 e. The van der Waals surface area contributed by atoms with Gasteiger partial charge in [-0.2, -0.15) is 5.10 Å². The van der Waals surface area contributed by atoms with Crippen LogP contribution in [0.5, 0.6) is 0 Å². The van der Waals surface area contributed by atoms with Gasteiger partial charge >= 0.3 is 0 Å². The number of aromatic amines is 1. The Morgan fingerprint density at radius 2 is 2.00 bits per heavy atom. The van der Waals surface area contributed by atoms with Crippen LogP contribution in [0.2, 0.25) is 0 Å². The third-order valence-corrected chi connectivity index (χ3v) is 5.45. The fourth-order valence-corrected chi connectivity index (χ4v) is 3.89. The Labute approximate surface area is 145 Å². The van der Waals surface area contributed by atoms with Crippen LogP contribution in [0.25, 0.3) is 0 Å². The number of anilines is 1. The molecule has 1 aliphatic carbocycles. The molecule has 0 bridgehead atoms. The van der Waals surface area contributed by atoms with E-state index in [0.29, 0.717) is 16.6 Å². The molecular formula is C18H23N3O2S. The highest BCUT2D eigenvalue weighted by Gasteiger charge is 2.17. The first-order valence-corrected chi connectivity index (χ1v) is 9.52. The summed E-state index contributed by atoms with van der Waals surface area (Å²) in [6, 6.07) is 5.57. The van der Waals surface area contributed by atoms with Crippen molar-refractivity contribution in [1.29, 1.82) is 0 Å². The first kappa shape index (κ1) is 16.9. The molecule has 0 spiro atoms. The van der Waals surface area contributed by atoms with Crippen molar-refractivity contribution in [1.82, 2.24) is 10.2 Å². The molecule has 5 nitrogen and oxygen atoms in total. The van der Waals surface area contributed by atoms with Gasteiger partial charge in [0.05, 0.1) is 4.88 Å². The van der Waals surface area contributed by atoms with Gasteiger partial charge in [-0.15, -0.1) is 11.3 Å². The van der Waals surface area contributed by atoms with E-state index in [-0.39, 0.29) is 24.5 Å². The van der Waals surface area contributed by atoms with Crippen LogP contribution in [-0.4, -0.2) is 21.9 Å². The maximum atomic E-state index is 12.0. The average Bonchev–Trinajstić information content (AvgIpc) is 3.20.